The molecule has 0 saturated heterocycles. The molecule has 0 bridgehead atoms. The van der Waals surface area contributed by atoms with Crippen LogP contribution in [0.1, 0.15) is 44.5 Å². The first-order valence-electron chi connectivity index (χ1n) is 38.2. The first-order valence-corrected chi connectivity index (χ1v) is 38.2. The van der Waals surface area contributed by atoms with Crippen LogP contribution in [-0.4, -0.2) is 24.9 Å². The Bertz CT molecular complexity index is 6830. The number of fused-ring (bicyclic) bond motifs is 21. The Labute approximate surface area is 653 Å². The molecular weight excluding hydrogens is 1380 g/mol. The van der Waals surface area contributed by atoms with E-state index in [-0.39, 0.29) is 0 Å². The lowest BCUT2D eigenvalue weighted by Crippen LogP contribution is -2.32. The van der Waals surface area contributed by atoms with Crippen LogP contribution in [0.4, 0.5) is 0 Å². The molecule has 6 heterocycles. The largest absolute Gasteiger partial charge is 0.457 e. The zero-order chi connectivity index (χ0) is 74.6. The molecule has 8 heteroatoms. The van der Waals surface area contributed by atoms with E-state index in [0.717, 1.165) is 146 Å². The highest BCUT2D eigenvalue weighted by atomic mass is 16.5. The third-order valence-corrected chi connectivity index (χ3v) is 23.1. The number of benzene rings is 15. The van der Waals surface area contributed by atoms with Gasteiger partial charge in [0.1, 0.15) is 34.2 Å². The molecule has 2 spiro atoms. The number of ether oxygens (including phenoxy) is 2. The van der Waals surface area contributed by atoms with Crippen molar-refractivity contribution in [3.8, 4) is 147 Å². The molecule has 0 fully saturated rings. The van der Waals surface area contributed by atoms with Crippen molar-refractivity contribution in [2.45, 2.75) is 10.8 Å². The number of rotatable bonds is 9. The van der Waals surface area contributed by atoms with Gasteiger partial charge in [0, 0.05) is 72.6 Å². The molecule has 0 saturated carbocycles. The normalized spacial score (nSPS) is 13.1. The van der Waals surface area contributed by atoms with Crippen LogP contribution in [0, 0.1) is 0 Å². The monoisotopic (exact) mass is 1440 g/mol. The minimum atomic E-state index is -0.482. The van der Waals surface area contributed by atoms with Crippen molar-refractivity contribution in [1.82, 2.24) is 24.9 Å². The smallest absolute Gasteiger partial charge is 0.160 e. The van der Waals surface area contributed by atoms with E-state index in [9.17, 15) is 0 Å². The van der Waals surface area contributed by atoms with Crippen LogP contribution in [-0.2, 0) is 10.8 Å². The molecule has 528 valence electrons. The average molecular weight is 1440 g/mol. The molecule has 0 N–H and O–H groups in total. The summed E-state index contributed by atoms with van der Waals surface area (Å²) in [4.78, 5) is 24.7. The molecule has 4 aromatic heterocycles. The molecule has 0 radical (unpaired) electrons. The van der Waals surface area contributed by atoms with Crippen LogP contribution in [0.3, 0.4) is 0 Å². The van der Waals surface area contributed by atoms with E-state index in [1.54, 1.807) is 6.20 Å². The summed E-state index contributed by atoms with van der Waals surface area (Å²) >= 11 is 0. The molecule has 15 aromatic carbocycles. The summed E-state index contributed by atoms with van der Waals surface area (Å²) in [5.74, 6) is 4.87. The quantitative estimate of drug-likeness (QED) is 0.141. The molecule has 0 atom stereocenters. The van der Waals surface area contributed by atoms with E-state index >= 15 is 0 Å². The van der Waals surface area contributed by atoms with Crippen molar-refractivity contribution >= 4 is 21.9 Å². The Morgan fingerprint density at radius 3 is 1.03 bits per heavy atom. The van der Waals surface area contributed by atoms with E-state index in [4.69, 9.17) is 33.8 Å². The standard InChI is InChI=1S/C59H36N2O2.C46H29N3O/c1-2-13-41(14-3-1)58-60-52(36-53(61-58)40-31-27-38(28-32-40)43-18-12-19-47-46-17-6-10-23-54(46)63-57(43)47)39-29-25-37(26-30-39)42-33-34-51-56(35-42)62-55-24-11-9-22-50(55)59(51)48-20-7-4-15-44(48)45-16-5-8-21-49(45)59;1-2-12-32(13-3-1)45-48-41(29-42(49-45)40-19-10-11-27-47-40)31-23-21-30(22-24-31)33-25-26-39-44(28-33)50-43-20-9-8-18-38(43)46(39)36-16-6-4-14-34(36)35-15-5-7-17-37(35)46/h1-36H;1-29H. The van der Waals surface area contributed by atoms with Gasteiger partial charge in [-0.1, -0.05) is 334 Å². The molecule has 2 aliphatic heterocycles. The van der Waals surface area contributed by atoms with Gasteiger partial charge >= 0.3 is 0 Å². The fraction of sp³-hybridized carbons (Fsp3) is 0.0190. The van der Waals surface area contributed by atoms with E-state index in [1.165, 1.54) is 55.6 Å². The fourth-order valence-electron chi connectivity index (χ4n) is 18.0. The number of pyridine rings is 1. The summed E-state index contributed by atoms with van der Waals surface area (Å²) in [5, 5.41) is 2.24. The topological polar surface area (TPSA) is 96.1 Å². The summed E-state index contributed by atoms with van der Waals surface area (Å²) < 4.78 is 19.9. The van der Waals surface area contributed by atoms with E-state index < -0.39 is 10.8 Å². The van der Waals surface area contributed by atoms with Crippen molar-refractivity contribution in [3.63, 3.8) is 0 Å². The summed E-state index contributed by atoms with van der Waals surface area (Å²) in [6, 6.07) is 136. The summed E-state index contributed by atoms with van der Waals surface area (Å²) in [6.45, 7) is 0. The first-order chi connectivity index (χ1) is 56.0. The van der Waals surface area contributed by atoms with Crippen LogP contribution < -0.4 is 9.47 Å². The zero-order valence-electron chi connectivity index (χ0n) is 61.0. The number of furan rings is 1. The van der Waals surface area contributed by atoms with E-state index in [1.807, 2.05) is 84.9 Å². The van der Waals surface area contributed by atoms with Crippen molar-refractivity contribution in [3.05, 3.63) is 439 Å². The molecule has 0 amide bonds. The highest BCUT2D eigenvalue weighted by Gasteiger charge is 2.52. The second-order valence-electron chi connectivity index (χ2n) is 29.2. The van der Waals surface area contributed by atoms with Gasteiger partial charge in [0.25, 0.3) is 0 Å². The van der Waals surface area contributed by atoms with Gasteiger partial charge in [0.05, 0.1) is 39.3 Å². The Hall–Kier alpha value is -15.0. The van der Waals surface area contributed by atoms with Gasteiger partial charge in [-0.3, -0.25) is 4.98 Å². The molecule has 2 aliphatic carbocycles. The van der Waals surface area contributed by atoms with Crippen LogP contribution in [0.15, 0.2) is 399 Å². The maximum Gasteiger partial charge on any atom is 0.160 e. The molecule has 23 rings (SSSR count). The number of aromatic nitrogens is 5. The van der Waals surface area contributed by atoms with Crippen LogP contribution >= 0.6 is 0 Å². The van der Waals surface area contributed by atoms with Gasteiger partial charge in [-0.05, 0) is 127 Å². The maximum absolute atomic E-state index is 6.80. The molecule has 113 heavy (non-hydrogen) atoms. The summed E-state index contributed by atoms with van der Waals surface area (Å²) in [7, 11) is 0. The van der Waals surface area contributed by atoms with Gasteiger partial charge in [-0.15, -0.1) is 0 Å². The summed E-state index contributed by atoms with van der Waals surface area (Å²) in [6.07, 6.45) is 1.79. The van der Waals surface area contributed by atoms with Gasteiger partial charge < -0.3 is 13.9 Å². The first kappa shape index (κ1) is 65.1. The van der Waals surface area contributed by atoms with Gasteiger partial charge in [0.15, 0.2) is 11.6 Å². The lowest BCUT2D eigenvalue weighted by atomic mass is 9.66. The zero-order valence-corrected chi connectivity index (χ0v) is 61.0. The Balaban J connectivity index is 0.000000142. The van der Waals surface area contributed by atoms with Crippen LogP contribution in [0.25, 0.3) is 146 Å². The Kier molecular flexibility index (Phi) is 15.2. The number of hydrogen-bond acceptors (Lipinski definition) is 8. The van der Waals surface area contributed by atoms with Gasteiger partial charge in [-0.2, -0.15) is 0 Å². The average Bonchev–Trinajstić information content (AvgIpc) is 1.56. The fourth-order valence-corrected chi connectivity index (χ4v) is 18.0. The highest BCUT2D eigenvalue weighted by molar-refractivity contribution is 6.09. The molecule has 8 nitrogen and oxygen atoms in total. The van der Waals surface area contributed by atoms with Crippen molar-refractivity contribution in [1.29, 1.82) is 0 Å². The second kappa shape index (κ2) is 26.4. The SMILES string of the molecule is c1ccc(-c2nc(-c3ccc(-c4ccc5c(c4)Oc4ccccc4C54c5ccccc5-c5ccccc54)cc3)cc(-c3ccc(-c4cccc5c4oc4ccccc45)cc3)n2)cc1.c1ccc(-c2nc(-c3ccc(-c4ccc5c(c4)Oc4ccccc4C54c5ccccc5-c5ccccc54)cc3)cc(-c3ccccn3)n2)cc1. The minimum absolute atomic E-state index is 0.464. The Morgan fingerprint density at radius 1 is 0.204 bits per heavy atom. The highest BCUT2D eigenvalue weighted by Crippen LogP contribution is 2.64. The van der Waals surface area contributed by atoms with Crippen molar-refractivity contribution in [2.75, 3.05) is 0 Å². The van der Waals surface area contributed by atoms with Crippen molar-refractivity contribution < 1.29 is 13.9 Å². The molecule has 0 unspecified atom stereocenters. The lowest BCUT2D eigenvalue weighted by molar-refractivity contribution is 0.436. The predicted molar refractivity (Wildman–Crippen MR) is 453 cm³/mol. The second-order valence-corrected chi connectivity index (χ2v) is 29.2. The van der Waals surface area contributed by atoms with Gasteiger partial charge in [-0.25, -0.2) is 19.9 Å². The number of hydrogen-bond donors (Lipinski definition) is 0. The van der Waals surface area contributed by atoms with E-state index in [2.05, 4.69) is 308 Å². The maximum atomic E-state index is 6.80. The summed E-state index contributed by atoms with van der Waals surface area (Å²) in [5.41, 5.74) is 31.4. The molecule has 19 aromatic rings. The van der Waals surface area contributed by atoms with Crippen molar-refractivity contribution in [2.24, 2.45) is 0 Å². The molecular formula is C105H65N5O3. The van der Waals surface area contributed by atoms with Crippen LogP contribution in [0.2, 0.25) is 0 Å². The molecule has 4 aliphatic rings. The Morgan fingerprint density at radius 2 is 0.558 bits per heavy atom. The third-order valence-electron chi connectivity index (χ3n) is 23.1. The van der Waals surface area contributed by atoms with Gasteiger partial charge in [0.2, 0.25) is 0 Å². The van der Waals surface area contributed by atoms with E-state index in [0.29, 0.717) is 11.6 Å². The lowest BCUT2D eigenvalue weighted by Gasteiger charge is -2.39. The van der Waals surface area contributed by atoms with Crippen LogP contribution in [0.5, 0.6) is 23.0 Å². The minimum Gasteiger partial charge on any atom is -0.457 e. The number of para-hydroxylation sites is 4. The third kappa shape index (κ3) is 10.6. The predicted octanol–water partition coefficient (Wildman–Crippen LogP) is 26.2. The number of nitrogens with zero attached hydrogens (tertiary/aromatic N) is 5.